The molecule has 0 bridgehead atoms. The van der Waals surface area contributed by atoms with Gasteiger partial charge in [-0.25, -0.2) is 9.78 Å². The second kappa shape index (κ2) is 25.0. The van der Waals surface area contributed by atoms with Crippen LogP contribution in [-0.2, 0) is 65.6 Å². The highest BCUT2D eigenvalue weighted by atomic mass is 16.4. The summed E-state index contributed by atoms with van der Waals surface area (Å²) in [6, 6.07) is -1.40. The molecule has 25 heteroatoms. The second-order valence-electron chi connectivity index (χ2n) is 15.8. The largest absolute Gasteiger partial charge is 0.480 e. The van der Waals surface area contributed by atoms with Crippen LogP contribution in [0.15, 0.2) is 42.9 Å². The van der Waals surface area contributed by atoms with E-state index in [-0.39, 0.29) is 38.1 Å². The zero-order valence-electron chi connectivity index (χ0n) is 35.9. The van der Waals surface area contributed by atoms with Crippen LogP contribution in [0.25, 0.3) is 0 Å². The van der Waals surface area contributed by atoms with E-state index in [4.69, 9.17) is 22.9 Å². The highest BCUT2D eigenvalue weighted by Gasteiger charge is 2.40. The number of carbonyl (C=O) groups excluding carboxylic acids is 10. The summed E-state index contributed by atoms with van der Waals surface area (Å²) in [5.74, 6) is -10.7. The lowest BCUT2D eigenvalue weighted by atomic mass is 10.0. The molecule has 2 aromatic rings. The van der Waals surface area contributed by atoms with Crippen LogP contribution in [0.5, 0.6) is 0 Å². The number of aromatic amines is 1. The minimum absolute atomic E-state index is 0.0686. The summed E-state index contributed by atoms with van der Waals surface area (Å²) in [7, 11) is 0. The van der Waals surface area contributed by atoms with E-state index < -0.39 is 133 Å². The molecule has 1 aromatic heterocycles. The first kappa shape index (κ1) is 51.9. The van der Waals surface area contributed by atoms with Crippen LogP contribution in [0.1, 0.15) is 63.6 Å². The summed E-state index contributed by atoms with van der Waals surface area (Å²) in [6.07, 6.45) is 0.972. The first-order chi connectivity index (χ1) is 30.6. The van der Waals surface area contributed by atoms with Crippen molar-refractivity contribution in [1.29, 1.82) is 0 Å². The van der Waals surface area contributed by atoms with Crippen LogP contribution < -0.4 is 54.8 Å². The minimum atomic E-state index is -1.62. The number of benzene rings is 1. The molecule has 1 aliphatic heterocycles. The maximum atomic E-state index is 14.3. The van der Waals surface area contributed by atoms with E-state index in [1.807, 2.05) is 0 Å². The number of nitrogens with zero attached hydrogens (tertiary/aromatic N) is 2. The van der Waals surface area contributed by atoms with Gasteiger partial charge in [0.2, 0.25) is 59.1 Å². The molecular formula is C40H57N13O12. The number of hydrogen-bond donors (Lipinski definition) is 12. The van der Waals surface area contributed by atoms with Gasteiger partial charge >= 0.3 is 5.97 Å². The maximum Gasteiger partial charge on any atom is 0.326 e. The number of amides is 10. The molecule has 0 saturated carbocycles. The molecule has 2 heterocycles. The molecule has 10 amide bonds. The maximum absolute atomic E-state index is 14.3. The summed E-state index contributed by atoms with van der Waals surface area (Å²) in [4.78, 5) is 149. The van der Waals surface area contributed by atoms with Crippen molar-refractivity contribution in [1.82, 2.24) is 46.8 Å². The van der Waals surface area contributed by atoms with Gasteiger partial charge < -0.3 is 69.8 Å². The predicted octanol–water partition coefficient (Wildman–Crippen LogP) is -5.19. The third-order valence-electron chi connectivity index (χ3n) is 9.95. The van der Waals surface area contributed by atoms with Crippen molar-refractivity contribution < 1.29 is 57.8 Å². The molecular weight excluding hydrogens is 855 g/mol. The lowest BCUT2D eigenvalue weighted by Gasteiger charge is -2.31. The Morgan fingerprint density at radius 3 is 1.88 bits per heavy atom. The van der Waals surface area contributed by atoms with E-state index in [9.17, 15) is 57.8 Å². The zero-order chi connectivity index (χ0) is 48.4. The Morgan fingerprint density at radius 2 is 1.32 bits per heavy atom. The van der Waals surface area contributed by atoms with Gasteiger partial charge in [-0.2, -0.15) is 0 Å². The van der Waals surface area contributed by atoms with Crippen LogP contribution in [-0.4, -0.2) is 140 Å². The molecule has 1 fully saturated rings. The molecule has 0 unspecified atom stereocenters. The van der Waals surface area contributed by atoms with Gasteiger partial charge in [0.25, 0.3) is 0 Å². The number of aromatic nitrogens is 2. The quantitative estimate of drug-likeness (QED) is 0.0420. The third kappa shape index (κ3) is 17.3. The Morgan fingerprint density at radius 1 is 0.738 bits per heavy atom. The molecule has 354 valence electrons. The molecule has 0 spiro atoms. The van der Waals surface area contributed by atoms with Crippen LogP contribution in [0.3, 0.4) is 0 Å². The summed E-state index contributed by atoms with van der Waals surface area (Å²) in [5, 5.41) is 24.0. The number of carboxylic acid groups (broad SMARTS) is 1. The Labute approximate surface area is 372 Å². The summed E-state index contributed by atoms with van der Waals surface area (Å²) in [6.45, 7) is 2.86. The Kier molecular flexibility index (Phi) is 20.0. The number of hydrogen-bond acceptors (Lipinski definition) is 13. The number of nitrogens with two attached hydrogens (primary N) is 4. The summed E-state index contributed by atoms with van der Waals surface area (Å²) >= 11 is 0. The lowest BCUT2D eigenvalue weighted by Crippen LogP contribution is -2.59. The molecule has 16 N–H and O–H groups in total. The monoisotopic (exact) mass is 911 g/mol. The average molecular weight is 912 g/mol. The van der Waals surface area contributed by atoms with E-state index in [0.29, 0.717) is 17.7 Å². The SMILES string of the molecule is CC(C)C[C@H](NC(=O)[C@@H]1CCCN1C(=O)[C@H](Cc1ccccc1)NC(=O)[C@H](CC(N)=O)NC(=O)[C@@H](N)CC(N)=O)C(=O)NCC(=O)N[C@@H](CC(N)=O)C(=O)N[C@@H](Cc1cnc[nH]1)C(=O)O. The number of imidazole rings is 1. The highest BCUT2D eigenvalue weighted by molar-refractivity contribution is 5.99. The Balaban J connectivity index is 1.74. The van der Waals surface area contributed by atoms with E-state index >= 15 is 0 Å². The summed E-state index contributed by atoms with van der Waals surface area (Å²) in [5.41, 5.74) is 22.4. The Hall–Kier alpha value is -7.44. The van der Waals surface area contributed by atoms with Crippen LogP contribution in [0.4, 0.5) is 0 Å². The topological polar surface area (TPSA) is 416 Å². The van der Waals surface area contributed by atoms with Crippen LogP contribution in [0, 0.1) is 5.92 Å². The fraction of sp³-hybridized carbons (Fsp3) is 0.500. The van der Waals surface area contributed by atoms with Gasteiger partial charge in [0, 0.05) is 31.3 Å². The fourth-order valence-corrected chi connectivity index (χ4v) is 6.83. The van der Waals surface area contributed by atoms with E-state index in [1.165, 1.54) is 17.4 Å². The van der Waals surface area contributed by atoms with Crippen molar-refractivity contribution in [3.8, 4) is 0 Å². The number of carbonyl (C=O) groups is 11. The van der Waals surface area contributed by atoms with Gasteiger partial charge in [-0.1, -0.05) is 44.2 Å². The predicted molar refractivity (Wildman–Crippen MR) is 226 cm³/mol. The third-order valence-corrected chi connectivity index (χ3v) is 9.95. The van der Waals surface area contributed by atoms with Crippen molar-refractivity contribution in [2.75, 3.05) is 13.1 Å². The highest BCUT2D eigenvalue weighted by Crippen LogP contribution is 2.21. The van der Waals surface area contributed by atoms with Crippen molar-refractivity contribution in [3.63, 3.8) is 0 Å². The van der Waals surface area contributed by atoms with Crippen molar-refractivity contribution in [3.05, 3.63) is 54.1 Å². The number of primary amides is 3. The number of aliphatic carboxylic acids is 1. The smallest absolute Gasteiger partial charge is 0.326 e. The van der Waals surface area contributed by atoms with Crippen LogP contribution in [0.2, 0.25) is 0 Å². The van der Waals surface area contributed by atoms with Gasteiger partial charge in [0.05, 0.1) is 38.2 Å². The van der Waals surface area contributed by atoms with Gasteiger partial charge in [0.15, 0.2) is 0 Å². The normalized spacial score (nSPS) is 16.1. The van der Waals surface area contributed by atoms with Crippen molar-refractivity contribution >= 4 is 65.0 Å². The second-order valence-corrected chi connectivity index (χ2v) is 15.8. The zero-order valence-corrected chi connectivity index (χ0v) is 35.9. The lowest BCUT2D eigenvalue weighted by molar-refractivity contribution is -0.143. The minimum Gasteiger partial charge on any atom is -0.480 e. The van der Waals surface area contributed by atoms with Crippen molar-refractivity contribution in [2.24, 2.45) is 28.9 Å². The first-order valence-electron chi connectivity index (χ1n) is 20.6. The van der Waals surface area contributed by atoms with E-state index in [1.54, 1.807) is 44.2 Å². The van der Waals surface area contributed by atoms with Gasteiger partial charge in [0.1, 0.15) is 36.3 Å². The molecule has 1 aliphatic rings. The summed E-state index contributed by atoms with van der Waals surface area (Å²) < 4.78 is 0. The molecule has 25 nitrogen and oxygen atoms in total. The van der Waals surface area contributed by atoms with E-state index in [2.05, 4.69) is 41.9 Å². The van der Waals surface area contributed by atoms with Crippen LogP contribution >= 0.6 is 0 Å². The molecule has 1 aromatic carbocycles. The number of H-pyrrole nitrogens is 1. The molecule has 0 radical (unpaired) electrons. The molecule has 3 rings (SSSR count). The van der Waals surface area contributed by atoms with Gasteiger partial charge in [-0.05, 0) is 30.7 Å². The molecule has 1 saturated heterocycles. The van der Waals surface area contributed by atoms with Gasteiger partial charge in [-0.3, -0.25) is 47.9 Å². The molecule has 0 aliphatic carbocycles. The number of nitrogens with one attached hydrogen (secondary N) is 7. The first-order valence-corrected chi connectivity index (χ1v) is 20.6. The van der Waals surface area contributed by atoms with E-state index in [0.717, 1.165) is 0 Å². The van der Waals surface area contributed by atoms with Gasteiger partial charge in [-0.15, -0.1) is 0 Å². The molecule has 65 heavy (non-hydrogen) atoms. The number of likely N-dealkylation sites (tertiary alicyclic amines) is 1. The average Bonchev–Trinajstić information content (AvgIpc) is 3.94. The number of carboxylic acids is 1. The molecule has 7 atom stereocenters. The number of rotatable bonds is 26. The Bertz CT molecular complexity index is 2050. The van der Waals surface area contributed by atoms with Crippen molar-refractivity contribution in [2.45, 2.75) is 108 Å². The fourth-order valence-electron chi connectivity index (χ4n) is 6.83. The standard InChI is InChI=1S/C40H57N13O12/c1-20(2)11-24(35(59)46-18-33(57)48-25(15-31(43)55)36(60)52-28(40(64)65)13-22-17-45-19-47-22)50-38(62)29-9-6-10-53(29)39(63)27(12-21-7-4-3-5-8-21)51-37(61)26(16-32(44)56)49-34(58)23(41)14-30(42)54/h3-5,7-8,17,19-20,23-29H,6,9-16,18,41H2,1-2H3,(H2,42,54)(H2,43,55)(H2,44,56)(H,45,47)(H,46,59)(H,48,57)(H,49,58)(H,50,62)(H,51,61)(H,52,60)(H,64,65)/t23-,24-,25-,26-,27-,28-,29-/m0/s1.